The Morgan fingerprint density at radius 2 is 1.54 bits per heavy atom. The molecule has 0 unspecified atom stereocenters. The van der Waals surface area contributed by atoms with Crippen molar-refractivity contribution >= 4 is 70.3 Å². The van der Waals surface area contributed by atoms with Gasteiger partial charge in [-0.15, -0.1) is 16.3 Å². The molecule has 1 aliphatic heterocycles. The Balaban J connectivity index is 1.51. The molecule has 6 amide bonds. The van der Waals surface area contributed by atoms with Gasteiger partial charge in [0.05, 0.1) is 25.3 Å². The Bertz CT molecular complexity index is 2230. The number of ether oxygens (including phenoxy) is 4. The third kappa shape index (κ3) is 17.0. The molecule has 2 aliphatic rings. The fourth-order valence-corrected chi connectivity index (χ4v) is 6.31. The van der Waals surface area contributed by atoms with Crippen molar-refractivity contribution < 1.29 is 62.5 Å². The summed E-state index contributed by atoms with van der Waals surface area (Å²) in [7, 11) is 1.56. The molecule has 2 atom stereocenters. The molecule has 370 valence electrons. The van der Waals surface area contributed by atoms with Gasteiger partial charge in [-0.05, 0) is 89.5 Å². The second-order valence-electron chi connectivity index (χ2n) is 19.6. The number of aliphatic imine (C=N–C) groups is 1. The van der Waals surface area contributed by atoms with Crippen molar-refractivity contribution in [1.82, 2.24) is 45.7 Å². The summed E-state index contributed by atoms with van der Waals surface area (Å²) in [6.07, 6.45) is -1.36. The van der Waals surface area contributed by atoms with Crippen molar-refractivity contribution in [2.24, 2.45) is 10.1 Å². The lowest BCUT2D eigenvalue weighted by Crippen LogP contribution is -2.70. The minimum absolute atomic E-state index is 0.0420. The number of anilines is 1. The summed E-state index contributed by atoms with van der Waals surface area (Å²) in [4.78, 5) is 108. The average molecular weight is 963 g/mol. The topological polar surface area (TPSA) is 309 Å². The van der Waals surface area contributed by atoms with Gasteiger partial charge < -0.3 is 49.7 Å². The summed E-state index contributed by atoms with van der Waals surface area (Å²) in [6, 6.07) is -1.88. The lowest BCUT2D eigenvalue weighted by atomic mass is 9.98. The highest BCUT2D eigenvalue weighted by molar-refractivity contribution is 7.14. The fraction of sp³-hybridized carbons (Fsp3) is 0.659. The minimum Gasteiger partial charge on any atom is -0.478 e. The lowest BCUT2D eigenvalue weighted by molar-refractivity contribution is -0.153. The number of guanidine groups is 1. The molecule has 3 heterocycles. The number of aliphatic carboxylic acids is 1. The van der Waals surface area contributed by atoms with Gasteiger partial charge in [-0.25, -0.2) is 33.9 Å². The molecule has 5 N–H and O–H groups in total. The number of hydrogen-bond acceptors (Lipinski definition) is 17. The number of alkyl carbamates (subject to hydrolysis) is 1. The van der Waals surface area contributed by atoms with Crippen LogP contribution in [-0.2, 0) is 51.3 Å². The van der Waals surface area contributed by atoms with E-state index in [1.807, 2.05) is 0 Å². The van der Waals surface area contributed by atoms with Crippen LogP contribution in [-0.4, -0.2) is 149 Å². The van der Waals surface area contributed by atoms with Crippen LogP contribution in [0.1, 0.15) is 114 Å². The van der Waals surface area contributed by atoms with Crippen LogP contribution in [0.2, 0.25) is 0 Å². The molecule has 2 aromatic heterocycles. The highest BCUT2D eigenvalue weighted by Crippen LogP contribution is 2.40. The molecule has 2 fully saturated rings. The predicted molar refractivity (Wildman–Crippen MR) is 240 cm³/mol. The zero-order valence-corrected chi connectivity index (χ0v) is 40.9. The van der Waals surface area contributed by atoms with E-state index in [4.69, 9.17) is 23.8 Å². The van der Waals surface area contributed by atoms with Gasteiger partial charge in [0.1, 0.15) is 39.8 Å². The van der Waals surface area contributed by atoms with Gasteiger partial charge in [0.2, 0.25) is 17.5 Å². The number of amides is 6. The molecule has 2 aromatic rings. The maximum Gasteiger partial charge on any atom is 0.437 e. The van der Waals surface area contributed by atoms with Gasteiger partial charge in [0.25, 0.3) is 5.91 Å². The summed E-state index contributed by atoms with van der Waals surface area (Å²) in [5, 5.41) is 34.2. The first-order valence-electron chi connectivity index (χ1n) is 21.3. The summed E-state index contributed by atoms with van der Waals surface area (Å²) in [5.74, 6) is -2.90. The summed E-state index contributed by atoms with van der Waals surface area (Å²) < 4.78 is 21.7. The van der Waals surface area contributed by atoms with Crippen molar-refractivity contribution in [3.63, 3.8) is 0 Å². The first kappa shape index (κ1) is 53.0. The Hall–Kier alpha value is -6.60. The molecular formula is C41H62N12O13S. The zero-order valence-electron chi connectivity index (χ0n) is 40.1. The number of aromatic nitrogens is 4. The highest BCUT2D eigenvalue weighted by Gasteiger charge is 2.55. The van der Waals surface area contributed by atoms with Crippen molar-refractivity contribution in [2.45, 2.75) is 156 Å². The van der Waals surface area contributed by atoms with E-state index in [-0.39, 0.29) is 62.2 Å². The van der Waals surface area contributed by atoms with Crippen LogP contribution in [0.25, 0.3) is 0 Å². The van der Waals surface area contributed by atoms with Gasteiger partial charge in [0, 0.05) is 38.4 Å². The molecule has 26 heteroatoms. The molecule has 0 radical (unpaired) electrons. The van der Waals surface area contributed by atoms with Crippen LogP contribution in [0, 0.1) is 0 Å². The number of nitrogens with one attached hydrogen (secondary N) is 4. The van der Waals surface area contributed by atoms with Crippen LogP contribution in [0.3, 0.4) is 0 Å². The Kier molecular flexibility index (Phi) is 16.6. The monoisotopic (exact) mass is 962 g/mol. The maximum absolute atomic E-state index is 13.8. The molecule has 0 spiro atoms. The fourth-order valence-electron chi connectivity index (χ4n) is 5.63. The Morgan fingerprint density at radius 1 is 0.925 bits per heavy atom. The van der Waals surface area contributed by atoms with Crippen LogP contribution in [0.5, 0.6) is 0 Å². The molecule has 25 nitrogen and oxygen atoms in total. The second-order valence-corrected chi connectivity index (χ2v) is 20.5. The SMILES string of the molecule is CN(Cc1cnn(C[C@H]2NC(=O)[C@H]2NC(=O)/C(=N\OC2(C(=O)O)CC2)c2csc(NC(=O)OC(C)(C)C)n2)n1)/C(=N/C(=O)OC(C)(C)C)N(CCCNC(=O)OC(C)(C)C)C(=O)OC(C)(C)C. The van der Waals surface area contributed by atoms with E-state index in [1.165, 1.54) is 21.3 Å². The maximum atomic E-state index is 13.8. The van der Waals surface area contributed by atoms with Crippen LogP contribution < -0.4 is 21.3 Å². The number of carbonyl (C=O) groups is 7. The van der Waals surface area contributed by atoms with Gasteiger partial charge in [0.15, 0.2) is 10.8 Å². The van der Waals surface area contributed by atoms with Gasteiger partial charge in [-0.3, -0.25) is 14.9 Å². The second kappa shape index (κ2) is 20.9. The molecule has 1 saturated heterocycles. The molecule has 0 aromatic carbocycles. The number of β-lactam (4-membered cyclic amide) rings is 1. The van der Waals surface area contributed by atoms with Crippen LogP contribution >= 0.6 is 11.3 Å². The van der Waals surface area contributed by atoms with E-state index >= 15 is 0 Å². The molecular weight excluding hydrogens is 901 g/mol. The summed E-state index contributed by atoms with van der Waals surface area (Å²) in [6.45, 7) is 20.1. The van der Waals surface area contributed by atoms with Gasteiger partial charge in [-0.2, -0.15) is 15.0 Å². The van der Waals surface area contributed by atoms with E-state index in [2.05, 4.69) is 46.6 Å². The van der Waals surface area contributed by atoms with E-state index in [0.29, 0.717) is 5.69 Å². The van der Waals surface area contributed by atoms with E-state index in [0.717, 1.165) is 16.2 Å². The highest BCUT2D eigenvalue weighted by atomic mass is 32.1. The standard InChI is InChI=1S/C41H62N12O13S/c1-37(2,3)62-33(58)42-17-14-18-52(36(61)65-40(10,11)12)32(48-35(60)64-39(7,8)9)51(13)20-23-19-43-53(49-23)21-24-26(28(54)44-24)46-29(55)27(50-66-41(15-16-41)30(56)57)25-22-67-31(45-25)47-34(59)63-38(4,5)6/h19,22,24,26H,14-18,20-21H2,1-13H3,(H,42,58)(H,44,54)(H,46,55)(H,56,57)(H,45,47,59)/b48-32-,50-27-/t24-,26+/m1/s1. The van der Waals surface area contributed by atoms with Crippen LogP contribution in [0.4, 0.5) is 24.3 Å². The number of oxime groups is 1. The van der Waals surface area contributed by atoms with E-state index in [1.54, 1.807) is 90.1 Å². The zero-order chi connectivity index (χ0) is 50.3. The number of carboxylic acids is 1. The Morgan fingerprint density at radius 3 is 2.10 bits per heavy atom. The number of carbonyl (C=O) groups excluding carboxylic acids is 6. The van der Waals surface area contributed by atoms with E-state index < -0.39 is 88.0 Å². The van der Waals surface area contributed by atoms with Crippen molar-refractivity contribution in [3.8, 4) is 0 Å². The predicted octanol–water partition coefficient (Wildman–Crippen LogP) is 3.98. The molecule has 67 heavy (non-hydrogen) atoms. The first-order chi connectivity index (χ1) is 30.8. The molecule has 4 rings (SSSR count). The van der Waals surface area contributed by atoms with Crippen LogP contribution in [0.15, 0.2) is 21.7 Å². The van der Waals surface area contributed by atoms with Crippen molar-refractivity contribution in [2.75, 3.05) is 25.5 Å². The van der Waals surface area contributed by atoms with Gasteiger partial charge in [-0.1, -0.05) is 5.16 Å². The molecule has 1 saturated carbocycles. The average Bonchev–Trinajstić information content (AvgIpc) is 3.61. The third-order valence-electron chi connectivity index (χ3n) is 8.63. The molecule has 1 aliphatic carbocycles. The number of rotatable bonds is 15. The minimum atomic E-state index is -1.62. The normalized spacial score (nSPS) is 17.2. The largest absolute Gasteiger partial charge is 0.478 e. The van der Waals surface area contributed by atoms with Crippen molar-refractivity contribution in [1.29, 1.82) is 0 Å². The Labute approximate surface area is 391 Å². The number of thiazole rings is 1. The first-order valence-corrected chi connectivity index (χ1v) is 22.2. The van der Waals surface area contributed by atoms with Gasteiger partial charge >= 0.3 is 30.3 Å². The molecule has 0 bridgehead atoms. The number of nitrogens with zero attached hydrogens (tertiary/aromatic N) is 8. The quantitative estimate of drug-likeness (QED) is 0.0421. The number of carboxylic acid groups (broad SMARTS) is 1. The smallest absolute Gasteiger partial charge is 0.437 e. The third-order valence-corrected chi connectivity index (χ3v) is 9.38. The summed E-state index contributed by atoms with van der Waals surface area (Å²) >= 11 is 0.938. The van der Waals surface area contributed by atoms with Crippen molar-refractivity contribution in [3.05, 3.63) is 23.0 Å². The lowest BCUT2D eigenvalue weighted by Gasteiger charge is -2.36. The van der Waals surface area contributed by atoms with E-state index in [9.17, 15) is 38.7 Å². The summed E-state index contributed by atoms with van der Waals surface area (Å²) in [5.41, 5.74) is -5.22. The number of hydrogen-bond donors (Lipinski definition) is 5.